The minimum atomic E-state index is -0.621. The number of aryl methyl sites for hydroxylation is 1. The number of rotatable bonds is 1. The van der Waals surface area contributed by atoms with Gasteiger partial charge in [-0.25, -0.2) is 12.2 Å². The van der Waals surface area contributed by atoms with Crippen LogP contribution in [-0.4, -0.2) is 18.7 Å². The second-order valence-electron chi connectivity index (χ2n) is 6.46. The number of hydrogen-bond acceptors (Lipinski definition) is 1. The first-order chi connectivity index (χ1) is 10.2. The summed E-state index contributed by atoms with van der Waals surface area (Å²) >= 11 is 1.75. The van der Waals surface area contributed by atoms with Crippen LogP contribution in [0, 0.1) is 13.0 Å². The van der Waals surface area contributed by atoms with E-state index in [2.05, 4.69) is 56.9 Å². The van der Waals surface area contributed by atoms with Crippen LogP contribution in [0.25, 0.3) is 0 Å². The molecule has 1 aliphatic carbocycles. The standard InChI is InChI=1S/C13H21OSi.C5H5.CH2.2ClH.Ti/c1-9-7-10(13(2,3)4)12(15(5)6)11(14)8-9;1-2-4-5-3-1;;;;/h7-8,14H,1-6H3;1-3H,4H2;1H2;2*1H;/q;-1;;;;+1. The number of halogens is 2. The van der Waals surface area contributed by atoms with Crippen LogP contribution in [0.5, 0.6) is 5.75 Å². The van der Waals surface area contributed by atoms with Crippen molar-refractivity contribution in [3.05, 3.63) is 47.6 Å². The molecule has 134 valence electrons. The zero-order chi connectivity index (χ0) is 17.3. The number of aromatic hydroxyl groups is 1. The number of allylic oxidation sites excluding steroid dienone is 4. The van der Waals surface area contributed by atoms with Gasteiger partial charge in [-0.05, 0) is 34.7 Å². The van der Waals surface area contributed by atoms with Gasteiger partial charge in [-0.2, -0.15) is 6.08 Å². The summed E-state index contributed by atoms with van der Waals surface area (Å²) in [6.07, 6.45) is 10.0. The number of phenols is 1. The third-order valence-electron chi connectivity index (χ3n) is 3.16. The minimum absolute atomic E-state index is 0. The molecule has 1 nitrogen and oxygen atoms in total. The molecule has 0 bridgehead atoms. The van der Waals surface area contributed by atoms with E-state index in [1.807, 2.05) is 25.1 Å². The van der Waals surface area contributed by atoms with Gasteiger partial charge in [0, 0.05) is 0 Å². The number of hydrogen-bond donors (Lipinski definition) is 1. The Morgan fingerprint density at radius 1 is 1.17 bits per heavy atom. The first-order valence-corrected chi connectivity index (χ1v) is 11.1. The first-order valence-electron chi connectivity index (χ1n) is 7.45. The summed E-state index contributed by atoms with van der Waals surface area (Å²) in [7, 11) is -0.621. The van der Waals surface area contributed by atoms with Crippen LogP contribution in [0.1, 0.15) is 38.3 Å². The maximum absolute atomic E-state index is 10.0. The van der Waals surface area contributed by atoms with Gasteiger partial charge in [-0.3, -0.25) is 6.08 Å². The third-order valence-corrected chi connectivity index (χ3v) is 4.68. The van der Waals surface area contributed by atoms with Crippen LogP contribution in [0.4, 0.5) is 0 Å². The van der Waals surface area contributed by atoms with Crippen molar-refractivity contribution >= 4 is 43.6 Å². The molecule has 0 heterocycles. The summed E-state index contributed by atoms with van der Waals surface area (Å²) in [6.45, 7) is 13.1. The van der Waals surface area contributed by atoms with E-state index in [0.29, 0.717) is 5.75 Å². The molecule has 0 aromatic heterocycles. The van der Waals surface area contributed by atoms with Crippen molar-refractivity contribution in [3.63, 3.8) is 0 Å². The van der Waals surface area contributed by atoms with E-state index >= 15 is 0 Å². The Balaban J connectivity index is -0.000000415. The Labute approximate surface area is 174 Å². The van der Waals surface area contributed by atoms with Gasteiger partial charge in [0.1, 0.15) is 5.75 Å². The Morgan fingerprint density at radius 3 is 2.00 bits per heavy atom. The third kappa shape index (κ3) is 10.0. The van der Waals surface area contributed by atoms with Gasteiger partial charge in [-0.1, -0.05) is 39.9 Å². The summed E-state index contributed by atoms with van der Waals surface area (Å²) in [6, 6.07) is 4.09. The fourth-order valence-corrected chi connectivity index (χ4v) is 3.79. The van der Waals surface area contributed by atoms with Crippen LogP contribution in [0.15, 0.2) is 30.4 Å². The van der Waals surface area contributed by atoms with Gasteiger partial charge in [0.15, 0.2) is 0 Å². The molecular formula is C19H30Cl2OSiTi. The van der Waals surface area contributed by atoms with Crippen molar-refractivity contribution in [2.45, 2.75) is 52.6 Å². The van der Waals surface area contributed by atoms with Gasteiger partial charge in [0.25, 0.3) is 0 Å². The van der Waals surface area contributed by atoms with Gasteiger partial charge in [0.2, 0.25) is 0 Å². The van der Waals surface area contributed by atoms with E-state index in [-0.39, 0.29) is 30.2 Å². The summed E-state index contributed by atoms with van der Waals surface area (Å²) in [4.78, 5) is 3.25. The second-order valence-corrected chi connectivity index (χ2v) is 8.96. The predicted octanol–water partition coefficient (Wildman–Crippen LogP) is 5.07. The molecule has 1 N–H and O–H groups in total. The van der Waals surface area contributed by atoms with E-state index in [1.165, 1.54) is 10.8 Å². The van der Waals surface area contributed by atoms with Gasteiger partial charge in [0.05, 0.1) is 8.80 Å². The van der Waals surface area contributed by atoms with Crippen LogP contribution >= 0.6 is 24.8 Å². The molecule has 1 aromatic rings. The molecule has 0 amide bonds. The van der Waals surface area contributed by atoms with Crippen molar-refractivity contribution in [3.8, 4) is 5.75 Å². The monoisotopic (exact) mass is 420 g/mol. The van der Waals surface area contributed by atoms with E-state index in [1.54, 1.807) is 20.0 Å². The average molecular weight is 421 g/mol. The average Bonchev–Trinajstić information content (AvgIpc) is 2.97. The molecule has 1 aromatic carbocycles. The molecule has 24 heavy (non-hydrogen) atoms. The van der Waals surface area contributed by atoms with E-state index in [9.17, 15) is 5.11 Å². The fourth-order valence-electron chi connectivity index (χ4n) is 2.22. The summed E-state index contributed by atoms with van der Waals surface area (Å²) in [5.41, 5.74) is 2.56. The van der Waals surface area contributed by atoms with Gasteiger partial charge < -0.3 is 5.11 Å². The molecule has 0 fully saturated rings. The molecule has 0 unspecified atom stereocenters. The Bertz CT molecular complexity index is 525. The van der Waals surface area contributed by atoms with Crippen molar-refractivity contribution in [2.75, 3.05) is 0 Å². The van der Waals surface area contributed by atoms with Crippen molar-refractivity contribution in [1.82, 2.24) is 0 Å². The number of phenolic OH excluding ortho intramolecular Hbond substituents is 1. The molecule has 5 heteroatoms. The van der Waals surface area contributed by atoms with E-state index in [4.69, 9.17) is 0 Å². The van der Waals surface area contributed by atoms with E-state index < -0.39 is 8.80 Å². The zero-order valence-corrected chi connectivity index (χ0v) is 19.8. The molecule has 1 aliphatic rings. The molecule has 2 rings (SSSR count). The van der Waals surface area contributed by atoms with Crippen molar-refractivity contribution in [2.24, 2.45) is 0 Å². The van der Waals surface area contributed by atoms with Crippen LogP contribution in [0.2, 0.25) is 13.1 Å². The maximum atomic E-state index is 10.0. The summed E-state index contributed by atoms with van der Waals surface area (Å²) in [5, 5.41) is 11.2. The zero-order valence-electron chi connectivity index (χ0n) is 15.6. The first kappa shape index (κ1) is 28.7. The predicted molar refractivity (Wildman–Crippen MR) is 112 cm³/mol. The Kier molecular flexibility index (Phi) is 16.8. The molecular weight excluding hydrogens is 391 g/mol. The molecule has 0 saturated heterocycles. The van der Waals surface area contributed by atoms with Gasteiger partial charge >= 0.3 is 24.8 Å². The van der Waals surface area contributed by atoms with Crippen LogP contribution in [0.3, 0.4) is 0 Å². The normalized spacial score (nSPS) is 11.5. The Hall–Kier alpha value is -0.119. The molecule has 0 atom stereocenters. The topological polar surface area (TPSA) is 20.2 Å². The summed E-state index contributed by atoms with van der Waals surface area (Å²) < 4.78 is 0. The van der Waals surface area contributed by atoms with Crippen LogP contribution < -0.4 is 5.19 Å². The Morgan fingerprint density at radius 2 is 1.71 bits per heavy atom. The SMILES string of the molecule is Cc1cc(O)c([Si](C)C)c(C(C)(C)C)c1.Cl.Cl.[C-]1=CC=CC1.[CH2]=[Ti+]. The molecule has 0 aliphatic heterocycles. The van der Waals surface area contributed by atoms with Crippen molar-refractivity contribution in [1.29, 1.82) is 0 Å². The van der Waals surface area contributed by atoms with Gasteiger partial charge in [-0.15, -0.1) is 31.2 Å². The summed E-state index contributed by atoms with van der Waals surface area (Å²) in [5.74, 6) is 0.485. The number of benzene rings is 1. The van der Waals surface area contributed by atoms with Crippen molar-refractivity contribution < 1.29 is 25.1 Å². The fraction of sp³-hybridized carbons (Fsp3) is 0.421. The molecule has 0 saturated carbocycles. The van der Waals surface area contributed by atoms with E-state index in [0.717, 1.165) is 12.0 Å². The van der Waals surface area contributed by atoms with Crippen LogP contribution in [-0.2, 0) is 25.4 Å². The quantitative estimate of drug-likeness (QED) is 0.496. The molecule has 1 radical (unpaired) electrons. The molecule has 0 spiro atoms. The second kappa shape index (κ2) is 14.1.